The number of benzene rings is 3. The molecule has 28 heavy (non-hydrogen) atoms. The molecule has 0 saturated carbocycles. The van der Waals surface area contributed by atoms with Gasteiger partial charge in [0.2, 0.25) is 0 Å². The van der Waals surface area contributed by atoms with Gasteiger partial charge in [0.05, 0.1) is 7.11 Å². The van der Waals surface area contributed by atoms with E-state index in [2.05, 4.69) is 79.1 Å². The van der Waals surface area contributed by atoms with Crippen LogP contribution in [0.25, 0.3) is 10.8 Å². The standard InChI is InChI=1S/C26H29NO/c1-4-17-27(19(2)23-13-7-10-20-9-5-6-12-24(20)23)22-15-16-25-21(18-22)11-8-14-26(25)28-3/h4-14,19,22H,1,15-18H2,2-3H3/t19-,22+/m1/s1. The lowest BCUT2D eigenvalue weighted by Crippen LogP contribution is -2.41. The van der Waals surface area contributed by atoms with Crippen LogP contribution < -0.4 is 4.74 Å². The number of hydrogen-bond donors (Lipinski definition) is 0. The first kappa shape index (κ1) is 18.8. The Hall–Kier alpha value is -2.58. The Morgan fingerprint density at radius 1 is 1.11 bits per heavy atom. The summed E-state index contributed by atoms with van der Waals surface area (Å²) < 4.78 is 5.59. The van der Waals surface area contributed by atoms with Crippen molar-refractivity contribution in [3.63, 3.8) is 0 Å². The van der Waals surface area contributed by atoms with Gasteiger partial charge in [-0.15, -0.1) is 6.58 Å². The minimum atomic E-state index is 0.334. The first-order valence-corrected chi connectivity index (χ1v) is 10.2. The highest BCUT2D eigenvalue weighted by molar-refractivity contribution is 5.86. The molecule has 0 N–H and O–H groups in total. The number of fused-ring (bicyclic) bond motifs is 2. The summed E-state index contributed by atoms with van der Waals surface area (Å²) in [4.78, 5) is 2.62. The van der Waals surface area contributed by atoms with Crippen LogP contribution in [0.2, 0.25) is 0 Å². The lowest BCUT2D eigenvalue weighted by Gasteiger charge is -2.39. The molecule has 1 aliphatic carbocycles. The van der Waals surface area contributed by atoms with Crippen LogP contribution in [0.5, 0.6) is 5.75 Å². The normalized spacial score (nSPS) is 17.3. The van der Waals surface area contributed by atoms with Crippen molar-refractivity contribution in [3.8, 4) is 5.75 Å². The third-order valence-corrected chi connectivity index (χ3v) is 6.21. The van der Waals surface area contributed by atoms with Crippen molar-refractivity contribution >= 4 is 10.8 Å². The molecule has 3 aromatic rings. The number of hydrogen-bond acceptors (Lipinski definition) is 2. The maximum Gasteiger partial charge on any atom is 0.122 e. The first-order chi connectivity index (χ1) is 13.7. The predicted molar refractivity (Wildman–Crippen MR) is 118 cm³/mol. The van der Waals surface area contributed by atoms with Gasteiger partial charge >= 0.3 is 0 Å². The third kappa shape index (κ3) is 3.45. The maximum atomic E-state index is 5.59. The van der Waals surface area contributed by atoms with E-state index in [1.54, 1.807) is 7.11 Å². The zero-order valence-corrected chi connectivity index (χ0v) is 16.9. The number of ether oxygens (including phenoxy) is 1. The summed E-state index contributed by atoms with van der Waals surface area (Å²) in [5, 5.41) is 2.66. The number of nitrogens with zero attached hydrogens (tertiary/aromatic N) is 1. The van der Waals surface area contributed by atoms with Gasteiger partial charge in [0, 0.05) is 18.6 Å². The fraction of sp³-hybridized carbons (Fsp3) is 0.308. The Kier molecular flexibility index (Phi) is 5.50. The lowest BCUT2D eigenvalue weighted by atomic mass is 9.85. The minimum absolute atomic E-state index is 0.334. The molecule has 3 aromatic carbocycles. The van der Waals surface area contributed by atoms with E-state index < -0.39 is 0 Å². The van der Waals surface area contributed by atoms with Crippen LogP contribution in [0, 0.1) is 0 Å². The summed E-state index contributed by atoms with van der Waals surface area (Å²) in [7, 11) is 1.77. The largest absolute Gasteiger partial charge is 0.496 e. The highest BCUT2D eigenvalue weighted by Crippen LogP contribution is 2.35. The molecule has 0 fully saturated rings. The number of methoxy groups -OCH3 is 1. The summed E-state index contributed by atoms with van der Waals surface area (Å²) in [5.74, 6) is 1.04. The van der Waals surface area contributed by atoms with E-state index in [0.29, 0.717) is 12.1 Å². The highest BCUT2D eigenvalue weighted by atomic mass is 16.5. The molecule has 2 heteroatoms. The number of rotatable bonds is 6. The van der Waals surface area contributed by atoms with Crippen molar-refractivity contribution in [2.75, 3.05) is 13.7 Å². The SMILES string of the molecule is C=CCN([C@H]1CCc2c(cccc2OC)C1)[C@H](C)c1cccc2ccccc12. The fourth-order valence-corrected chi connectivity index (χ4v) is 4.79. The maximum absolute atomic E-state index is 5.59. The van der Waals surface area contributed by atoms with Crippen molar-refractivity contribution < 1.29 is 4.74 Å². The molecule has 0 aliphatic heterocycles. The third-order valence-electron chi connectivity index (χ3n) is 6.21. The Bertz CT molecular complexity index is 972. The molecule has 0 spiro atoms. The Labute approximate surface area is 168 Å². The van der Waals surface area contributed by atoms with E-state index in [1.807, 2.05) is 6.08 Å². The highest BCUT2D eigenvalue weighted by Gasteiger charge is 2.29. The second-order valence-electron chi connectivity index (χ2n) is 7.72. The van der Waals surface area contributed by atoms with Crippen LogP contribution in [-0.2, 0) is 12.8 Å². The zero-order valence-electron chi connectivity index (χ0n) is 16.9. The summed E-state index contributed by atoms with van der Waals surface area (Å²) in [6.45, 7) is 7.28. The van der Waals surface area contributed by atoms with Crippen LogP contribution in [0.3, 0.4) is 0 Å². The van der Waals surface area contributed by atoms with Crippen molar-refractivity contribution in [1.82, 2.24) is 4.90 Å². The van der Waals surface area contributed by atoms with Gasteiger partial charge in [-0.2, -0.15) is 0 Å². The molecular formula is C26H29NO. The van der Waals surface area contributed by atoms with E-state index >= 15 is 0 Å². The molecule has 4 rings (SSSR count). The smallest absolute Gasteiger partial charge is 0.122 e. The molecular weight excluding hydrogens is 342 g/mol. The van der Waals surface area contributed by atoms with E-state index in [9.17, 15) is 0 Å². The van der Waals surface area contributed by atoms with Gasteiger partial charge in [0.25, 0.3) is 0 Å². The molecule has 0 radical (unpaired) electrons. The molecule has 144 valence electrons. The second kappa shape index (κ2) is 8.20. The quantitative estimate of drug-likeness (QED) is 0.496. The topological polar surface area (TPSA) is 12.5 Å². The average Bonchev–Trinajstić information content (AvgIpc) is 2.75. The summed E-state index contributed by atoms with van der Waals surface area (Å²) in [5.41, 5.74) is 4.21. The predicted octanol–water partition coefficient (Wildman–Crippen LogP) is 5.95. The van der Waals surface area contributed by atoms with Gasteiger partial charge in [-0.25, -0.2) is 0 Å². The monoisotopic (exact) mass is 371 g/mol. The molecule has 1 aliphatic rings. The van der Waals surface area contributed by atoms with Gasteiger partial charge in [-0.3, -0.25) is 4.90 Å². The molecule has 0 unspecified atom stereocenters. The Balaban J connectivity index is 1.66. The second-order valence-corrected chi connectivity index (χ2v) is 7.72. The van der Waals surface area contributed by atoms with Crippen LogP contribution >= 0.6 is 0 Å². The van der Waals surface area contributed by atoms with Crippen molar-refractivity contribution in [1.29, 1.82) is 0 Å². The van der Waals surface area contributed by atoms with Gasteiger partial charge in [0.1, 0.15) is 5.75 Å². The molecule has 0 bridgehead atoms. The zero-order chi connectivity index (χ0) is 19.5. The van der Waals surface area contributed by atoms with E-state index in [0.717, 1.165) is 31.6 Å². The average molecular weight is 372 g/mol. The van der Waals surface area contributed by atoms with Crippen molar-refractivity contribution in [2.45, 2.75) is 38.3 Å². The minimum Gasteiger partial charge on any atom is -0.496 e. The van der Waals surface area contributed by atoms with Crippen LogP contribution in [0.15, 0.2) is 73.3 Å². The van der Waals surface area contributed by atoms with Crippen molar-refractivity contribution in [2.24, 2.45) is 0 Å². The Morgan fingerprint density at radius 3 is 2.71 bits per heavy atom. The lowest BCUT2D eigenvalue weighted by molar-refractivity contribution is 0.148. The van der Waals surface area contributed by atoms with E-state index in [4.69, 9.17) is 4.74 Å². The van der Waals surface area contributed by atoms with Gasteiger partial charge in [-0.05, 0) is 59.7 Å². The van der Waals surface area contributed by atoms with Crippen LogP contribution in [0.4, 0.5) is 0 Å². The molecule has 0 aromatic heterocycles. The van der Waals surface area contributed by atoms with Gasteiger partial charge in [-0.1, -0.05) is 60.7 Å². The van der Waals surface area contributed by atoms with Crippen LogP contribution in [-0.4, -0.2) is 24.6 Å². The summed E-state index contributed by atoms with van der Waals surface area (Å²) in [6, 6.07) is 22.7. The molecule has 2 atom stereocenters. The molecule has 0 saturated heterocycles. The fourth-order valence-electron chi connectivity index (χ4n) is 4.79. The van der Waals surface area contributed by atoms with Crippen molar-refractivity contribution in [3.05, 3.63) is 90.0 Å². The summed E-state index contributed by atoms with van der Waals surface area (Å²) >= 11 is 0. The van der Waals surface area contributed by atoms with E-state index in [1.165, 1.54) is 27.5 Å². The van der Waals surface area contributed by atoms with Crippen LogP contribution in [0.1, 0.15) is 36.1 Å². The molecule has 0 heterocycles. The molecule has 0 amide bonds. The first-order valence-electron chi connectivity index (χ1n) is 10.2. The molecule has 2 nitrogen and oxygen atoms in total. The van der Waals surface area contributed by atoms with E-state index in [-0.39, 0.29) is 0 Å². The Morgan fingerprint density at radius 2 is 1.89 bits per heavy atom. The van der Waals surface area contributed by atoms with Gasteiger partial charge in [0.15, 0.2) is 0 Å². The summed E-state index contributed by atoms with van der Waals surface area (Å²) in [6.07, 6.45) is 5.33. The van der Waals surface area contributed by atoms with Gasteiger partial charge < -0.3 is 4.74 Å².